The molecule has 1 saturated carbocycles. The first kappa shape index (κ1) is 24.3. The van der Waals surface area contributed by atoms with Crippen LogP contribution in [0.4, 0.5) is 17.6 Å². The largest absolute Gasteiger partial charge is 0.435 e. The summed E-state index contributed by atoms with van der Waals surface area (Å²) in [5.74, 6) is -1.33. The number of rotatable bonds is 4. The van der Waals surface area contributed by atoms with Gasteiger partial charge in [0.2, 0.25) is 5.91 Å². The smallest absolute Gasteiger partial charge is 0.374 e. The van der Waals surface area contributed by atoms with Crippen molar-refractivity contribution in [1.82, 2.24) is 5.32 Å². The van der Waals surface area contributed by atoms with E-state index in [1.165, 1.54) is 11.3 Å². The molecule has 2 aromatic rings. The molecule has 5 rings (SSSR count). The highest BCUT2D eigenvalue weighted by Crippen LogP contribution is 2.51. The van der Waals surface area contributed by atoms with Gasteiger partial charge in [-0.2, -0.15) is 18.4 Å². The van der Waals surface area contributed by atoms with Crippen molar-refractivity contribution >= 4 is 46.2 Å². The molecule has 35 heavy (non-hydrogen) atoms. The average molecular weight is 546 g/mol. The summed E-state index contributed by atoms with van der Waals surface area (Å²) in [5.41, 5.74) is -3.38. The zero-order valence-electron chi connectivity index (χ0n) is 17.9. The minimum absolute atomic E-state index is 0.0825. The van der Waals surface area contributed by atoms with Crippen LogP contribution in [-0.4, -0.2) is 17.8 Å². The Bertz CT molecular complexity index is 1280. The fourth-order valence-electron chi connectivity index (χ4n) is 4.48. The van der Waals surface area contributed by atoms with Crippen LogP contribution in [0.15, 0.2) is 23.4 Å². The summed E-state index contributed by atoms with van der Waals surface area (Å²) in [7, 11) is 0. The lowest BCUT2D eigenvalue weighted by molar-refractivity contribution is -0.275. The molecule has 12 heteroatoms. The molecule has 0 radical (unpaired) electrons. The molecule has 5 nitrogen and oxygen atoms in total. The van der Waals surface area contributed by atoms with E-state index in [0.29, 0.717) is 24.1 Å². The number of halogens is 6. The number of hydrogen-bond donors (Lipinski definition) is 1. The van der Waals surface area contributed by atoms with Gasteiger partial charge in [0.25, 0.3) is 5.60 Å². The molecule has 1 fully saturated rings. The first-order valence-corrected chi connectivity index (χ1v) is 12.4. The summed E-state index contributed by atoms with van der Waals surface area (Å²) in [5, 5.41) is 14.9. The zero-order chi connectivity index (χ0) is 25.2. The maximum Gasteiger partial charge on any atom is 0.435 e. The van der Waals surface area contributed by atoms with Crippen molar-refractivity contribution in [2.45, 2.75) is 56.3 Å². The lowest BCUT2D eigenvalue weighted by atomic mass is 9.87. The number of nitriles is 1. The number of carbonyl (C=O) groups excluding carboxylic acids is 1. The van der Waals surface area contributed by atoms with E-state index >= 15 is 0 Å². The van der Waals surface area contributed by atoms with Crippen LogP contribution in [-0.2, 0) is 21.7 Å². The van der Waals surface area contributed by atoms with Gasteiger partial charge >= 0.3 is 6.18 Å². The van der Waals surface area contributed by atoms with Crippen molar-refractivity contribution in [3.05, 3.63) is 54.9 Å². The average Bonchev–Trinajstić information content (AvgIpc) is 3.26. The third kappa shape index (κ3) is 3.98. The Morgan fingerprint density at radius 2 is 1.94 bits per heavy atom. The maximum atomic E-state index is 14.3. The second-order valence-corrected chi connectivity index (χ2v) is 10.9. The summed E-state index contributed by atoms with van der Waals surface area (Å²) >= 11 is 12.8. The van der Waals surface area contributed by atoms with E-state index in [1.807, 2.05) is 0 Å². The minimum Gasteiger partial charge on any atom is -0.374 e. The number of nitrogens with one attached hydrogen (secondary N) is 1. The topological polar surface area (TPSA) is 74.5 Å². The molecule has 1 N–H and O–H groups in total. The number of nitrogens with zero attached hydrogens (tertiary/aromatic N) is 2. The molecule has 184 valence electrons. The number of thiophene rings is 1. The first-order chi connectivity index (χ1) is 16.5. The van der Waals surface area contributed by atoms with Gasteiger partial charge in [-0.25, -0.2) is 4.39 Å². The third-order valence-corrected chi connectivity index (χ3v) is 8.55. The third-order valence-electron chi connectivity index (χ3n) is 6.74. The predicted octanol–water partition coefficient (Wildman–Crippen LogP) is 6.57. The Kier molecular flexibility index (Phi) is 5.81. The number of amides is 1. The normalized spacial score (nSPS) is 24.7. The highest BCUT2D eigenvalue weighted by molar-refractivity contribution is 7.14. The summed E-state index contributed by atoms with van der Waals surface area (Å²) in [4.78, 5) is 19.0. The van der Waals surface area contributed by atoms with Crippen LogP contribution < -0.4 is 5.32 Å². The van der Waals surface area contributed by atoms with E-state index in [2.05, 4.69) is 16.5 Å². The van der Waals surface area contributed by atoms with Crippen molar-refractivity contribution in [2.24, 2.45) is 10.6 Å². The Balaban J connectivity index is 1.44. The van der Waals surface area contributed by atoms with E-state index < -0.39 is 45.0 Å². The Labute approximate surface area is 211 Å². The van der Waals surface area contributed by atoms with Gasteiger partial charge in [-0.3, -0.25) is 4.79 Å². The Morgan fingerprint density at radius 3 is 2.54 bits per heavy atom. The molecule has 1 aromatic carbocycles. The molecule has 2 heterocycles. The van der Waals surface area contributed by atoms with E-state index in [4.69, 9.17) is 28.0 Å². The van der Waals surface area contributed by atoms with Crippen LogP contribution in [0, 0.1) is 22.6 Å². The summed E-state index contributed by atoms with van der Waals surface area (Å²) in [6, 6.07) is 5.18. The molecular formula is C23H17Cl2F4N3O2S. The molecule has 2 unspecified atom stereocenters. The second kappa shape index (κ2) is 8.36. The summed E-state index contributed by atoms with van der Waals surface area (Å²) in [6.45, 7) is 0. The van der Waals surface area contributed by atoms with Crippen LogP contribution in [0.1, 0.15) is 59.0 Å². The van der Waals surface area contributed by atoms with Gasteiger partial charge in [-0.15, -0.1) is 11.3 Å². The minimum atomic E-state index is -4.90. The molecule has 0 bridgehead atoms. The number of benzene rings is 1. The number of carbonyl (C=O) groups is 1. The van der Waals surface area contributed by atoms with Crippen molar-refractivity contribution in [2.75, 3.05) is 0 Å². The zero-order valence-corrected chi connectivity index (χ0v) is 20.3. The molecule has 0 saturated heterocycles. The van der Waals surface area contributed by atoms with Crippen LogP contribution in [0.25, 0.3) is 0 Å². The molecule has 2 aliphatic carbocycles. The lowest BCUT2D eigenvalue weighted by Crippen LogP contribution is -2.42. The quantitative estimate of drug-likeness (QED) is 0.348. The Hall–Kier alpha value is -2.35. The molecule has 1 aromatic heterocycles. The summed E-state index contributed by atoms with van der Waals surface area (Å²) in [6.07, 6.45) is -2.33. The van der Waals surface area contributed by atoms with E-state index in [9.17, 15) is 27.6 Å². The van der Waals surface area contributed by atoms with Gasteiger partial charge in [0.05, 0.1) is 33.5 Å². The monoisotopic (exact) mass is 545 g/mol. The van der Waals surface area contributed by atoms with Gasteiger partial charge in [0.15, 0.2) is 5.82 Å². The molecular weight excluding hydrogens is 529 g/mol. The van der Waals surface area contributed by atoms with Gasteiger partial charge in [0.1, 0.15) is 11.1 Å². The number of hydrogen-bond acceptors (Lipinski definition) is 5. The van der Waals surface area contributed by atoms with Crippen molar-refractivity contribution in [3.63, 3.8) is 0 Å². The van der Waals surface area contributed by atoms with Crippen molar-refractivity contribution < 1.29 is 27.2 Å². The van der Waals surface area contributed by atoms with Gasteiger partial charge in [-0.1, -0.05) is 28.4 Å². The number of aryl methyl sites for hydroxylation is 1. The SMILES string of the molecule is N#CC1(C(=O)NC2CCCc3sc(C4=NOC(c5cc(Cl)c(F)c(Cl)c5)(C(F)(F)F)C4)cc32)CC1. The number of oxime groups is 1. The number of fused-ring (bicyclic) bond motifs is 1. The molecule has 3 aliphatic rings. The highest BCUT2D eigenvalue weighted by Gasteiger charge is 2.62. The van der Waals surface area contributed by atoms with E-state index in [-0.39, 0.29) is 17.7 Å². The lowest BCUT2D eigenvalue weighted by Gasteiger charge is -2.29. The van der Waals surface area contributed by atoms with E-state index in [1.54, 1.807) is 6.07 Å². The highest BCUT2D eigenvalue weighted by atomic mass is 35.5. The molecule has 1 amide bonds. The van der Waals surface area contributed by atoms with Crippen molar-refractivity contribution in [3.8, 4) is 6.07 Å². The van der Waals surface area contributed by atoms with Crippen LogP contribution in [0.3, 0.4) is 0 Å². The molecule has 2 atom stereocenters. The number of alkyl halides is 3. The van der Waals surface area contributed by atoms with Crippen molar-refractivity contribution in [1.29, 1.82) is 5.26 Å². The molecule has 1 aliphatic heterocycles. The predicted molar refractivity (Wildman–Crippen MR) is 122 cm³/mol. The van der Waals surface area contributed by atoms with Gasteiger partial charge in [-0.05, 0) is 55.9 Å². The molecule has 0 spiro atoms. The second-order valence-electron chi connectivity index (χ2n) is 8.99. The van der Waals surface area contributed by atoms with Crippen LogP contribution in [0.5, 0.6) is 0 Å². The summed E-state index contributed by atoms with van der Waals surface area (Å²) < 4.78 is 56.7. The first-order valence-electron chi connectivity index (χ1n) is 10.8. The van der Waals surface area contributed by atoms with E-state index in [0.717, 1.165) is 35.4 Å². The Morgan fingerprint density at radius 1 is 1.26 bits per heavy atom. The van der Waals surface area contributed by atoms with Gasteiger partial charge < -0.3 is 10.2 Å². The standard InChI is InChI=1S/C23H17Cl2F4N3O2S/c24-13-6-11(7-14(25)19(13)26)22(23(27,28)29)9-16(32-34-22)18-8-12-15(2-1-3-17(12)35-18)31-20(33)21(10-30)4-5-21/h6-8,15H,1-5,9H2,(H,31,33). The maximum absolute atomic E-state index is 14.3. The fraction of sp³-hybridized carbons (Fsp3) is 0.435. The van der Waals surface area contributed by atoms with Gasteiger partial charge in [0, 0.05) is 10.4 Å². The van der Waals surface area contributed by atoms with Crippen LogP contribution >= 0.6 is 34.5 Å². The fourth-order valence-corrected chi connectivity index (χ4v) is 6.21. The van der Waals surface area contributed by atoms with Crippen LogP contribution in [0.2, 0.25) is 10.0 Å².